The number of nitrogens with zero attached hydrogens (tertiary/aromatic N) is 1. The Labute approximate surface area is 136 Å². The first-order chi connectivity index (χ1) is 10.7. The van der Waals surface area contributed by atoms with Crippen LogP contribution in [0.3, 0.4) is 0 Å². The molecule has 1 aliphatic rings. The Morgan fingerprint density at radius 1 is 1.17 bits per heavy atom. The third kappa shape index (κ3) is 4.71. The molecule has 0 amide bonds. The number of sulfonamides is 1. The van der Waals surface area contributed by atoms with Gasteiger partial charge in [-0.2, -0.15) is 0 Å². The molecule has 1 aliphatic carbocycles. The largest absolute Gasteiger partial charge is 0.302 e. The van der Waals surface area contributed by atoms with Crippen molar-refractivity contribution in [1.29, 1.82) is 0 Å². The predicted molar refractivity (Wildman–Crippen MR) is 86.5 cm³/mol. The fourth-order valence-electron chi connectivity index (χ4n) is 3.13. The smallest absolute Gasteiger partial charge is 0.215 e. The zero-order valence-corrected chi connectivity index (χ0v) is 14.4. The van der Waals surface area contributed by atoms with Crippen LogP contribution >= 0.6 is 0 Å². The van der Waals surface area contributed by atoms with Gasteiger partial charge in [0.2, 0.25) is 10.0 Å². The van der Waals surface area contributed by atoms with E-state index in [4.69, 9.17) is 0 Å². The van der Waals surface area contributed by atoms with Crippen molar-refractivity contribution in [2.75, 3.05) is 20.6 Å². The topological polar surface area (TPSA) is 49.4 Å². The molecule has 0 radical (unpaired) electrons. The molecule has 2 rings (SSSR count). The van der Waals surface area contributed by atoms with Crippen molar-refractivity contribution in [1.82, 2.24) is 9.62 Å². The molecule has 1 fully saturated rings. The molecule has 130 valence electrons. The average Bonchev–Trinajstić information content (AvgIpc) is 2.49. The molecule has 0 heterocycles. The molecule has 1 N–H and O–H groups in total. The van der Waals surface area contributed by atoms with Gasteiger partial charge in [-0.1, -0.05) is 25.3 Å². The summed E-state index contributed by atoms with van der Waals surface area (Å²) < 4.78 is 53.7. The van der Waals surface area contributed by atoms with Crippen LogP contribution in [0.2, 0.25) is 0 Å². The molecule has 0 saturated heterocycles. The molecule has 0 bridgehead atoms. The van der Waals surface area contributed by atoms with Crippen LogP contribution in [-0.4, -0.2) is 39.5 Å². The fourth-order valence-corrected chi connectivity index (χ4v) is 4.36. The van der Waals surface area contributed by atoms with E-state index in [0.717, 1.165) is 31.7 Å². The van der Waals surface area contributed by atoms with E-state index in [1.54, 1.807) is 0 Å². The van der Waals surface area contributed by atoms with Gasteiger partial charge in [-0.15, -0.1) is 0 Å². The van der Waals surface area contributed by atoms with Crippen LogP contribution in [-0.2, 0) is 15.8 Å². The maximum atomic E-state index is 13.6. The SMILES string of the molecule is CN(C)C1(CNS(=O)(=O)Cc2ccc(F)cc2F)CCCCC1. The van der Waals surface area contributed by atoms with E-state index in [1.807, 2.05) is 14.1 Å². The van der Waals surface area contributed by atoms with E-state index >= 15 is 0 Å². The molecule has 0 unspecified atom stereocenters. The van der Waals surface area contributed by atoms with Crippen LogP contribution in [0.5, 0.6) is 0 Å². The van der Waals surface area contributed by atoms with Gasteiger partial charge in [-0.3, -0.25) is 0 Å². The molecule has 1 saturated carbocycles. The summed E-state index contributed by atoms with van der Waals surface area (Å²) in [6, 6.07) is 2.94. The molecule has 7 heteroatoms. The summed E-state index contributed by atoms with van der Waals surface area (Å²) in [6.45, 7) is 0.311. The molecule has 0 aliphatic heterocycles. The Hall–Kier alpha value is -1.05. The van der Waals surface area contributed by atoms with Gasteiger partial charge in [-0.05, 0) is 33.0 Å². The highest BCUT2D eigenvalue weighted by atomic mass is 32.2. The van der Waals surface area contributed by atoms with Gasteiger partial charge < -0.3 is 4.90 Å². The number of hydrogen-bond donors (Lipinski definition) is 1. The lowest BCUT2D eigenvalue weighted by Crippen LogP contribution is -2.53. The summed E-state index contributed by atoms with van der Waals surface area (Å²) >= 11 is 0. The van der Waals surface area contributed by atoms with E-state index in [2.05, 4.69) is 9.62 Å². The zero-order valence-electron chi connectivity index (χ0n) is 13.6. The summed E-state index contributed by atoms with van der Waals surface area (Å²) in [5, 5.41) is 0. The first kappa shape index (κ1) is 18.3. The lowest BCUT2D eigenvalue weighted by molar-refractivity contribution is 0.105. The molecule has 0 atom stereocenters. The monoisotopic (exact) mass is 346 g/mol. The van der Waals surface area contributed by atoms with Crippen LogP contribution < -0.4 is 4.72 Å². The van der Waals surface area contributed by atoms with E-state index in [-0.39, 0.29) is 11.1 Å². The summed E-state index contributed by atoms with van der Waals surface area (Å²) in [4.78, 5) is 2.08. The maximum absolute atomic E-state index is 13.6. The standard InChI is InChI=1S/C16H24F2N2O2S/c1-20(2)16(8-4-3-5-9-16)12-19-23(21,22)11-13-6-7-14(17)10-15(13)18/h6-7,10,19H,3-5,8-9,11-12H2,1-2H3. The Morgan fingerprint density at radius 2 is 1.83 bits per heavy atom. The minimum atomic E-state index is -3.68. The van der Waals surface area contributed by atoms with Crippen LogP contribution in [0.25, 0.3) is 0 Å². The second kappa shape index (κ2) is 7.23. The van der Waals surface area contributed by atoms with Crippen molar-refractivity contribution in [2.24, 2.45) is 0 Å². The quantitative estimate of drug-likeness (QED) is 0.861. The van der Waals surface area contributed by atoms with Crippen LogP contribution in [0, 0.1) is 11.6 Å². The molecule has 1 aromatic carbocycles. The van der Waals surface area contributed by atoms with Crippen LogP contribution in [0.15, 0.2) is 18.2 Å². The third-order valence-electron chi connectivity index (χ3n) is 4.71. The Morgan fingerprint density at radius 3 is 2.39 bits per heavy atom. The van der Waals surface area contributed by atoms with Crippen molar-refractivity contribution in [3.63, 3.8) is 0 Å². The number of benzene rings is 1. The minimum Gasteiger partial charge on any atom is -0.302 e. The van der Waals surface area contributed by atoms with E-state index in [0.29, 0.717) is 12.6 Å². The first-order valence-corrected chi connectivity index (χ1v) is 9.48. The van der Waals surface area contributed by atoms with Crippen molar-refractivity contribution in [2.45, 2.75) is 43.4 Å². The average molecular weight is 346 g/mol. The first-order valence-electron chi connectivity index (χ1n) is 7.83. The molecule has 4 nitrogen and oxygen atoms in total. The normalized spacial score (nSPS) is 18.3. The highest BCUT2D eigenvalue weighted by Gasteiger charge is 2.35. The molecule has 23 heavy (non-hydrogen) atoms. The van der Waals surface area contributed by atoms with E-state index in [9.17, 15) is 17.2 Å². The minimum absolute atomic E-state index is 0.0264. The van der Waals surface area contributed by atoms with Gasteiger partial charge in [0.05, 0.1) is 5.75 Å². The summed E-state index contributed by atoms with van der Waals surface area (Å²) in [5.74, 6) is -2.04. The van der Waals surface area contributed by atoms with Crippen LogP contribution in [0.4, 0.5) is 8.78 Å². The van der Waals surface area contributed by atoms with Crippen LogP contribution in [0.1, 0.15) is 37.7 Å². The number of likely N-dealkylation sites (N-methyl/N-ethyl adjacent to an activating group) is 1. The molecule has 0 aromatic heterocycles. The third-order valence-corrected chi connectivity index (χ3v) is 5.99. The summed E-state index contributed by atoms with van der Waals surface area (Å²) in [5.41, 5.74) is -0.214. The maximum Gasteiger partial charge on any atom is 0.215 e. The lowest BCUT2D eigenvalue weighted by atomic mass is 9.81. The zero-order chi connectivity index (χ0) is 17.1. The van der Waals surface area contributed by atoms with E-state index < -0.39 is 27.4 Å². The summed E-state index contributed by atoms with van der Waals surface area (Å²) in [6.07, 6.45) is 5.20. The van der Waals surface area contributed by atoms with Crippen molar-refractivity contribution in [3.05, 3.63) is 35.4 Å². The van der Waals surface area contributed by atoms with Crippen molar-refractivity contribution < 1.29 is 17.2 Å². The second-order valence-electron chi connectivity index (χ2n) is 6.50. The Kier molecular flexibility index (Phi) is 5.75. The van der Waals surface area contributed by atoms with Gasteiger partial charge in [0.25, 0.3) is 0 Å². The van der Waals surface area contributed by atoms with Gasteiger partial charge in [0.1, 0.15) is 11.6 Å². The lowest BCUT2D eigenvalue weighted by Gasteiger charge is -2.43. The Balaban J connectivity index is 2.05. The molecule has 1 aromatic rings. The van der Waals surface area contributed by atoms with Gasteiger partial charge in [-0.25, -0.2) is 21.9 Å². The van der Waals surface area contributed by atoms with Gasteiger partial charge >= 0.3 is 0 Å². The van der Waals surface area contributed by atoms with Crippen molar-refractivity contribution >= 4 is 10.0 Å². The number of hydrogen-bond acceptors (Lipinski definition) is 3. The number of nitrogens with one attached hydrogen (secondary N) is 1. The van der Waals surface area contributed by atoms with E-state index in [1.165, 1.54) is 12.5 Å². The van der Waals surface area contributed by atoms with Gasteiger partial charge in [0, 0.05) is 23.7 Å². The molecular weight excluding hydrogens is 322 g/mol. The highest BCUT2D eigenvalue weighted by molar-refractivity contribution is 7.88. The number of halogens is 2. The summed E-state index contributed by atoms with van der Waals surface area (Å²) in [7, 11) is 0.235. The molecular formula is C16H24F2N2O2S. The predicted octanol–water partition coefficient (Wildman–Crippen LogP) is 2.65. The number of rotatable bonds is 6. The fraction of sp³-hybridized carbons (Fsp3) is 0.625. The second-order valence-corrected chi connectivity index (χ2v) is 8.30. The van der Waals surface area contributed by atoms with Crippen molar-refractivity contribution in [3.8, 4) is 0 Å². The van der Waals surface area contributed by atoms with Gasteiger partial charge in [0.15, 0.2) is 0 Å². The highest BCUT2D eigenvalue weighted by Crippen LogP contribution is 2.31. The Bertz CT molecular complexity index is 641. The molecule has 0 spiro atoms.